The van der Waals surface area contributed by atoms with Crippen LogP contribution in [0.4, 0.5) is 10.1 Å². The molecule has 0 fully saturated rings. The molecule has 2 aromatic carbocycles. The second-order valence-corrected chi connectivity index (χ2v) is 4.53. The predicted molar refractivity (Wildman–Crippen MR) is 76.4 cm³/mol. The summed E-state index contributed by atoms with van der Waals surface area (Å²) in [6, 6.07) is 11.4. The van der Waals surface area contributed by atoms with E-state index in [4.69, 9.17) is 21.6 Å². The lowest BCUT2D eigenvalue weighted by molar-refractivity contribution is 0.413. The van der Waals surface area contributed by atoms with E-state index in [-0.39, 0.29) is 5.82 Å². The van der Waals surface area contributed by atoms with Crippen molar-refractivity contribution >= 4 is 17.3 Å². The Bertz CT molecular complexity index is 667. The van der Waals surface area contributed by atoms with Crippen LogP contribution >= 0.6 is 11.6 Å². The number of halogens is 2. The highest BCUT2D eigenvalue weighted by Gasteiger charge is 2.05. The fourth-order valence-electron chi connectivity index (χ4n) is 1.77. The lowest BCUT2D eigenvalue weighted by Crippen LogP contribution is -2.01. The van der Waals surface area contributed by atoms with E-state index in [1.807, 2.05) is 6.07 Å². The summed E-state index contributed by atoms with van der Waals surface area (Å²) < 4.78 is 18.3. The molecule has 3 nitrogen and oxygen atoms in total. The van der Waals surface area contributed by atoms with E-state index < -0.39 is 0 Å². The molecule has 0 unspecified atom stereocenters. The number of nitrogens with zero attached hydrogens (tertiary/aromatic N) is 1. The van der Waals surface area contributed by atoms with Gasteiger partial charge < -0.3 is 10.1 Å². The van der Waals surface area contributed by atoms with E-state index in [2.05, 4.69) is 5.32 Å². The molecule has 0 aliphatic carbocycles. The van der Waals surface area contributed by atoms with Gasteiger partial charge in [0.2, 0.25) is 0 Å². The number of methoxy groups -OCH3 is 1. The molecule has 0 aliphatic rings. The van der Waals surface area contributed by atoms with Crippen LogP contribution in [0.2, 0.25) is 5.02 Å². The summed E-state index contributed by atoms with van der Waals surface area (Å²) in [6.07, 6.45) is 0. The highest BCUT2D eigenvalue weighted by atomic mass is 35.5. The van der Waals surface area contributed by atoms with Crippen LogP contribution in [-0.2, 0) is 6.54 Å². The SMILES string of the molecule is COc1cc(CNc2cc(F)ccc2Cl)ccc1C#N. The largest absolute Gasteiger partial charge is 0.495 e. The van der Waals surface area contributed by atoms with Crippen LogP contribution in [-0.4, -0.2) is 7.11 Å². The van der Waals surface area contributed by atoms with Crippen LogP contribution in [0.5, 0.6) is 5.75 Å². The summed E-state index contributed by atoms with van der Waals surface area (Å²) in [4.78, 5) is 0. The lowest BCUT2D eigenvalue weighted by Gasteiger charge is -2.10. The second-order valence-electron chi connectivity index (χ2n) is 4.12. The van der Waals surface area contributed by atoms with Gasteiger partial charge in [-0.3, -0.25) is 0 Å². The average Bonchev–Trinajstić information content (AvgIpc) is 2.47. The first kappa shape index (κ1) is 14.2. The van der Waals surface area contributed by atoms with Crippen LogP contribution in [0, 0.1) is 17.1 Å². The summed E-state index contributed by atoms with van der Waals surface area (Å²) in [7, 11) is 1.51. The molecule has 0 aliphatic heterocycles. The molecule has 0 amide bonds. The summed E-state index contributed by atoms with van der Waals surface area (Å²) in [5.41, 5.74) is 1.90. The van der Waals surface area contributed by atoms with Crippen molar-refractivity contribution in [3.05, 3.63) is 58.4 Å². The maximum absolute atomic E-state index is 13.1. The third-order valence-corrected chi connectivity index (χ3v) is 3.13. The number of hydrogen-bond donors (Lipinski definition) is 1. The Morgan fingerprint density at radius 3 is 2.80 bits per heavy atom. The molecule has 2 rings (SSSR count). The summed E-state index contributed by atoms with van der Waals surface area (Å²) in [5.74, 6) is 0.159. The Hall–Kier alpha value is -2.25. The van der Waals surface area contributed by atoms with Crippen molar-refractivity contribution in [2.75, 3.05) is 12.4 Å². The molecule has 2 aromatic rings. The Labute approximate surface area is 121 Å². The minimum atomic E-state index is -0.352. The van der Waals surface area contributed by atoms with Gasteiger partial charge in [0.25, 0.3) is 0 Å². The highest BCUT2D eigenvalue weighted by Crippen LogP contribution is 2.24. The molecule has 0 bridgehead atoms. The van der Waals surface area contributed by atoms with Crippen molar-refractivity contribution in [3.63, 3.8) is 0 Å². The number of hydrogen-bond acceptors (Lipinski definition) is 3. The lowest BCUT2D eigenvalue weighted by atomic mass is 10.1. The number of nitrogens with one attached hydrogen (secondary N) is 1. The first-order chi connectivity index (χ1) is 9.63. The smallest absolute Gasteiger partial charge is 0.136 e. The molecule has 0 spiro atoms. The van der Waals surface area contributed by atoms with Gasteiger partial charge in [0.15, 0.2) is 0 Å². The van der Waals surface area contributed by atoms with Crippen molar-refractivity contribution in [3.8, 4) is 11.8 Å². The standard InChI is InChI=1S/C15H12ClFN2O/c1-20-15-6-10(2-3-11(15)8-18)9-19-14-7-12(17)4-5-13(14)16/h2-7,19H,9H2,1H3. The van der Waals surface area contributed by atoms with Gasteiger partial charge >= 0.3 is 0 Å². The maximum atomic E-state index is 13.1. The second kappa shape index (κ2) is 6.27. The van der Waals surface area contributed by atoms with E-state index in [1.165, 1.54) is 25.3 Å². The number of benzene rings is 2. The fraction of sp³-hybridized carbons (Fsp3) is 0.133. The zero-order valence-corrected chi connectivity index (χ0v) is 11.5. The van der Waals surface area contributed by atoms with Gasteiger partial charge in [-0.25, -0.2) is 4.39 Å². The zero-order chi connectivity index (χ0) is 14.5. The van der Waals surface area contributed by atoms with Crippen molar-refractivity contribution in [2.45, 2.75) is 6.54 Å². The summed E-state index contributed by atoms with van der Waals surface area (Å²) in [5, 5.41) is 12.4. The monoisotopic (exact) mass is 290 g/mol. The van der Waals surface area contributed by atoms with E-state index >= 15 is 0 Å². The first-order valence-electron chi connectivity index (χ1n) is 5.90. The highest BCUT2D eigenvalue weighted by molar-refractivity contribution is 6.33. The van der Waals surface area contributed by atoms with Crippen molar-refractivity contribution < 1.29 is 9.13 Å². The third-order valence-electron chi connectivity index (χ3n) is 2.80. The molecule has 102 valence electrons. The van der Waals surface area contributed by atoms with Gasteiger partial charge in [-0.2, -0.15) is 5.26 Å². The first-order valence-corrected chi connectivity index (χ1v) is 6.28. The van der Waals surface area contributed by atoms with Gasteiger partial charge in [-0.1, -0.05) is 17.7 Å². The number of anilines is 1. The molecule has 0 saturated heterocycles. The van der Waals surface area contributed by atoms with Gasteiger partial charge in [-0.05, 0) is 35.9 Å². The van der Waals surface area contributed by atoms with Gasteiger partial charge in [0.05, 0.1) is 23.4 Å². The van der Waals surface area contributed by atoms with Crippen LogP contribution in [0.3, 0.4) is 0 Å². The quantitative estimate of drug-likeness (QED) is 0.926. The average molecular weight is 291 g/mol. The zero-order valence-electron chi connectivity index (χ0n) is 10.8. The maximum Gasteiger partial charge on any atom is 0.136 e. The molecule has 1 N–H and O–H groups in total. The molecule has 0 atom stereocenters. The molecular formula is C15H12ClFN2O. The number of ether oxygens (including phenoxy) is 1. The molecular weight excluding hydrogens is 279 g/mol. The van der Waals surface area contributed by atoms with E-state index in [0.717, 1.165) is 5.56 Å². The Balaban J connectivity index is 2.15. The van der Waals surface area contributed by atoms with Crippen LogP contribution < -0.4 is 10.1 Å². The van der Waals surface area contributed by atoms with Crippen molar-refractivity contribution in [1.82, 2.24) is 0 Å². The third kappa shape index (κ3) is 3.19. The van der Waals surface area contributed by atoms with Crippen LogP contribution in [0.15, 0.2) is 36.4 Å². The van der Waals surface area contributed by atoms with Crippen LogP contribution in [0.25, 0.3) is 0 Å². The van der Waals surface area contributed by atoms with Crippen LogP contribution in [0.1, 0.15) is 11.1 Å². The normalized spacial score (nSPS) is 9.90. The van der Waals surface area contributed by atoms with E-state index in [1.54, 1.807) is 18.2 Å². The Morgan fingerprint density at radius 1 is 1.30 bits per heavy atom. The molecule has 0 heterocycles. The molecule has 20 heavy (non-hydrogen) atoms. The minimum absolute atomic E-state index is 0.352. The minimum Gasteiger partial charge on any atom is -0.495 e. The fourth-order valence-corrected chi connectivity index (χ4v) is 1.95. The molecule has 0 aromatic heterocycles. The van der Waals surface area contributed by atoms with Crippen molar-refractivity contribution in [1.29, 1.82) is 5.26 Å². The van der Waals surface area contributed by atoms with E-state index in [0.29, 0.717) is 28.6 Å². The summed E-state index contributed by atoms with van der Waals surface area (Å²) >= 11 is 5.97. The van der Waals surface area contributed by atoms with E-state index in [9.17, 15) is 4.39 Å². The van der Waals surface area contributed by atoms with Gasteiger partial charge in [0, 0.05) is 6.54 Å². The Morgan fingerprint density at radius 2 is 2.10 bits per heavy atom. The van der Waals surface area contributed by atoms with Gasteiger partial charge in [0.1, 0.15) is 17.6 Å². The number of rotatable bonds is 4. The Kier molecular flexibility index (Phi) is 4.44. The molecule has 0 saturated carbocycles. The molecule has 5 heteroatoms. The summed E-state index contributed by atoms with van der Waals surface area (Å²) in [6.45, 7) is 0.450. The number of nitriles is 1. The van der Waals surface area contributed by atoms with Crippen molar-refractivity contribution in [2.24, 2.45) is 0 Å². The van der Waals surface area contributed by atoms with Gasteiger partial charge in [-0.15, -0.1) is 0 Å². The predicted octanol–water partition coefficient (Wildman–Crippen LogP) is 3.97. The molecule has 0 radical (unpaired) electrons. The topological polar surface area (TPSA) is 45.0 Å².